The normalized spacial score (nSPS) is 17.1. The summed E-state index contributed by atoms with van der Waals surface area (Å²) in [5, 5.41) is 6.72. The third kappa shape index (κ3) is 5.34. The molecule has 2 aromatic rings. The second-order valence-electron chi connectivity index (χ2n) is 7.69. The average molecular weight is 410 g/mol. The first-order chi connectivity index (χ1) is 14.8. The van der Waals surface area contributed by atoms with E-state index < -0.39 is 0 Å². The van der Waals surface area contributed by atoms with Crippen molar-refractivity contribution in [1.29, 1.82) is 0 Å². The van der Waals surface area contributed by atoms with Gasteiger partial charge in [0.25, 0.3) is 0 Å². The molecule has 7 nitrogen and oxygen atoms in total. The minimum absolute atomic E-state index is 0.671. The molecule has 30 heavy (non-hydrogen) atoms. The Balaban J connectivity index is 1.37. The SMILES string of the molecule is CN=C(NCc1ccnc(N2CCCCCC2)c1)Nc1ccc2c(c1)OCCCO2. The zero-order valence-electron chi connectivity index (χ0n) is 17.7. The van der Waals surface area contributed by atoms with Gasteiger partial charge in [-0.15, -0.1) is 0 Å². The molecule has 1 fully saturated rings. The highest BCUT2D eigenvalue weighted by molar-refractivity contribution is 5.93. The van der Waals surface area contributed by atoms with Gasteiger partial charge >= 0.3 is 0 Å². The number of nitrogens with one attached hydrogen (secondary N) is 2. The van der Waals surface area contributed by atoms with E-state index in [-0.39, 0.29) is 0 Å². The predicted molar refractivity (Wildman–Crippen MR) is 121 cm³/mol. The van der Waals surface area contributed by atoms with E-state index in [1.54, 1.807) is 7.05 Å². The topological polar surface area (TPSA) is 71.0 Å². The summed E-state index contributed by atoms with van der Waals surface area (Å²) in [5.74, 6) is 3.34. The summed E-state index contributed by atoms with van der Waals surface area (Å²) in [7, 11) is 1.77. The zero-order chi connectivity index (χ0) is 20.6. The fourth-order valence-electron chi connectivity index (χ4n) is 3.79. The Hall–Kier alpha value is -2.96. The maximum atomic E-state index is 5.78. The van der Waals surface area contributed by atoms with Crippen molar-refractivity contribution in [2.24, 2.45) is 4.99 Å². The van der Waals surface area contributed by atoms with Crippen LogP contribution in [0.5, 0.6) is 11.5 Å². The number of aromatic nitrogens is 1. The lowest BCUT2D eigenvalue weighted by molar-refractivity contribution is 0.297. The molecule has 2 N–H and O–H groups in total. The van der Waals surface area contributed by atoms with E-state index in [9.17, 15) is 0 Å². The van der Waals surface area contributed by atoms with Crippen LogP contribution < -0.4 is 25.0 Å². The van der Waals surface area contributed by atoms with Gasteiger partial charge in [-0.1, -0.05) is 12.8 Å². The number of hydrogen-bond donors (Lipinski definition) is 2. The van der Waals surface area contributed by atoms with Gasteiger partial charge in [0.05, 0.1) is 13.2 Å². The average Bonchev–Trinajstić information content (AvgIpc) is 3.19. The molecule has 1 aromatic carbocycles. The number of ether oxygens (including phenoxy) is 2. The molecule has 7 heteroatoms. The summed E-state index contributed by atoms with van der Waals surface area (Å²) in [6.07, 6.45) is 7.93. The molecule has 3 heterocycles. The monoisotopic (exact) mass is 409 g/mol. The van der Waals surface area contributed by atoms with Crippen LogP contribution in [0.3, 0.4) is 0 Å². The summed E-state index contributed by atoms with van der Waals surface area (Å²) >= 11 is 0. The summed E-state index contributed by atoms with van der Waals surface area (Å²) in [6.45, 7) is 4.22. The van der Waals surface area contributed by atoms with Crippen molar-refractivity contribution in [1.82, 2.24) is 10.3 Å². The van der Waals surface area contributed by atoms with E-state index >= 15 is 0 Å². The Morgan fingerprint density at radius 1 is 1.00 bits per heavy atom. The van der Waals surface area contributed by atoms with E-state index in [4.69, 9.17) is 9.47 Å². The first-order valence-corrected chi connectivity index (χ1v) is 10.9. The molecule has 2 aliphatic rings. The van der Waals surface area contributed by atoms with Crippen molar-refractivity contribution in [2.75, 3.05) is 43.6 Å². The molecule has 0 unspecified atom stereocenters. The number of anilines is 2. The molecule has 0 atom stereocenters. The summed E-state index contributed by atoms with van der Waals surface area (Å²) in [4.78, 5) is 11.3. The second kappa shape index (κ2) is 10.2. The van der Waals surface area contributed by atoms with Crippen molar-refractivity contribution < 1.29 is 9.47 Å². The molecular weight excluding hydrogens is 378 g/mol. The molecule has 160 valence electrons. The molecule has 0 bridgehead atoms. The van der Waals surface area contributed by atoms with Crippen LogP contribution in [0.4, 0.5) is 11.5 Å². The van der Waals surface area contributed by atoms with E-state index in [1.807, 2.05) is 24.4 Å². The Morgan fingerprint density at radius 3 is 2.60 bits per heavy atom. The van der Waals surface area contributed by atoms with Crippen molar-refractivity contribution >= 4 is 17.5 Å². The number of nitrogens with zero attached hydrogens (tertiary/aromatic N) is 3. The lowest BCUT2D eigenvalue weighted by Gasteiger charge is -2.22. The maximum Gasteiger partial charge on any atom is 0.195 e. The smallest absolute Gasteiger partial charge is 0.195 e. The molecule has 0 amide bonds. The molecule has 1 aromatic heterocycles. The highest BCUT2D eigenvalue weighted by atomic mass is 16.5. The maximum absolute atomic E-state index is 5.78. The number of guanidine groups is 1. The van der Waals surface area contributed by atoms with Gasteiger partial charge in [-0.3, -0.25) is 4.99 Å². The Morgan fingerprint density at radius 2 is 1.80 bits per heavy atom. The van der Waals surface area contributed by atoms with Crippen LogP contribution >= 0.6 is 0 Å². The van der Waals surface area contributed by atoms with Crippen LogP contribution in [0.2, 0.25) is 0 Å². The Bertz CT molecular complexity index is 862. The van der Waals surface area contributed by atoms with Gasteiger partial charge in [0, 0.05) is 51.1 Å². The van der Waals surface area contributed by atoms with Gasteiger partial charge in [0.2, 0.25) is 0 Å². The van der Waals surface area contributed by atoms with Crippen LogP contribution in [-0.4, -0.2) is 44.3 Å². The number of rotatable bonds is 4. The number of fused-ring (bicyclic) bond motifs is 1. The first-order valence-electron chi connectivity index (χ1n) is 10.9. The van der Waals surface area contributed by atoms with Crippen molar-refractivity contribution in [2.45, 2.75) is 38.6 Å². The van der Waals surface area contributed by atoms with E-state index in [2.05, 4.69) is 37.6 Å². The van der Waals surface area contributed by atoms with Gasteiger partial charge in [-0.2, -0.15) is 0 Å². The van der Waals surface area contributed by atoms with Crippen LogP contribution in [0.25, 0.3) is 0 Å². The molecule has 4 rings (SSSR count). The predicted octanol–water partition coefficient (Wildman–Crippen LogP) is 3.81. The highest BCUT2D eigenvalue weighted by Crippen LogP contribution is 2.32. The molecule has 0 saturated carbocycles. The van der Waals surface area contributed by atoms with E-state index in [0.717, 1.165) is 42.5 Å². The van der Waals surface area contributed by atoms with E-state index in [0.29, 0.717) is 25.7 Å². The van der Waals surface area contributed by atoms with Gasteiger partial charge in [0.1, 0.15) is 5.82 Å². The van der Waals surface area contributed by atoms with Crippen molar-refractivity contribution in [3.63, 3.8) is 0 Å². The summed E-state index contributed by atoms with van der Waals surface area (Å²) in [5.41, 5.74) is 2.10. The fraction of sp³-hybridized carbons (Fsp3) is 0.478. The van der Waals surface area contributed by atoms with Gasteiger partial charge in [-0.05, 0) is 42.7 Å². The number of benzene rings is 1. The van der Waals surface area contributed by atoms with Gasteiger partial charge in [-0.25, -0.2) is 4.98 Å². The number of hydrogen-bond acceptors (Lipinski definition) is 5. The molecule has 0 aliphatic carbocycles. The summed E-state index contributed by atoms with van der Waals surface area (Å²) in [6, 6.07) is 10.1. The van der Waals surface area contributed by atoms with Gasteiger partial charge < -0.3 is 25.0 Å². The number of pyridine rings is 1. The van der Waals surface area contributed by atoms with Crippen molar-refractivity contribution in [3.05, 3.63) is 42.1 Å². The fourth-order valence-corrected chi connectivity index (χ4v) is 3.79. The molecule has 1 saturated heterocycles. The Kier molecular flexibility index (Phi) is 6.90. The number of aliphatic imine (C=N–C) groups is 1. The molecule has 0 spiro atoms. The lowest BCUT2D eigenvalue weighted by Crippen LogP contribution is -2.30. The highest BCUT2D eigenvalue weighted by Gasteiger charge is 2.13. The van der Waals surface area contributed by atoms with Crippen LogP contribution in [0, 0.1) is 0 Å². The summed E-state index contributed by atoms with van der Waals surface area (Å²) < 4.78 is 11.5. The molecular formula is C23H31N5O2. The second-order valence-corrected chi connectivity index (χ2v) is 7.69. The zero-order valence-corrected chi connectivity index (χ0v) is 17.7. The van der Waals surface area contributed by atoms with Gasteiger partial charge in [0.15, 0.2) is 17.5 Å². The lowest BCUT2D eigenvalue weighted by atomic mass is 10.2. The van der Waals surface area contributed by atoms with Crippen LogP contribution in [-0.2, 0) is 6.54 Å². The quantitative estimate of drug-likeness (QED) is 0.591. The third-order valence-corrected chi connectivity index (χ3v) is 5.43. The Labute approximate surface area is 178 Å². The molecule has 0 radical (unpaired) electrons. The van der Waals surface area contributed by atoms with E-state index in [1.165, 1.54) is 31.2 Å². The minimum Gasteiger partial charge on any atom is -0.490 e. The first kappa shape index (κ1) is 20.3. The van der Waals surface area contributed by atoms with Crippen LogP contribution in [0.15, 0.2) is 41.5 Å². The van der Waals surface area contributed by atoms with Crippen molar-refractivity contribution in [3.8, 4) is 11.5 Å². The van der Waals surface area contributed by atoms with Crippen LogP contribution in [0.1, 0.15) is 37.7 Å². The third-order valence-electron chi connectivity index (χ3n) is 5.43. The minimum atomic E-state index is 0.671. The largest absolute Gasteiger partial charge is 0.490 e. The molecule has 2 aliphatic heterocycles. The standard InChI is InChI=1S/C23H31N5O2/c1-24-23(27-19-7-8-20-21(16-19)30-14-6-13-29-20)26-17-18-9-10-25-22(15-18)28-11-4-2-3-5-12-28/h7-10,15-16H,2-6,11-14,17H2,1H3,(H2,24,26,27).